The van der Waals surface area contributed by atoms with Crippen LogP contribution >= 0.6 is 11.6 Å². The summed E-state index contributed by atoms with van der Waals surface area (Å²) in [5, 5.41) is 12.4. The zero-order chi connectivity index (χ0) is 20.0. The second kappa shape index (κ2) is 9.18. The van der Waals surface area contributed by atoms with Crippen molar-refractivity contribution in [3.63, 3.8) is 0 Å². The number of aliphatic hydroxyl groups is 1. The van der Waals surface area contributed by atoms with E-state index in [1.807, 2.05) is 0 Å². The van der Waals surface area contributed by atoms with Crippen molar-refractivity contribution in [3.05, 3.63) is 58.6 Å². The lowest BCUT2D eigenvalue weighted by molar-refractivity contribution is 0.0473. The molecule has 0 aliphatic rings. The molecule has 9 heteroatoms. The van der Waals surface area contributed by atoms with Crippen LogP contribution in [0.2, 0.25) is 5.02 Å². The first-order valence-corrected chi connectivity index (χ1v) is 9.90. The topological polar surface area (TPSA) is 95.9 Å². The molecule has 146 valence electrons. The zero-order valence-corrected chi connectivity index (χ0v) is 16.5. The number of rotatable bonds is 8. The number of sulfonamides is 1. The normalized spacial score (nSPS) is 11.4. The molecule has 27 heavy (non-hydrogen) atoms. The summed E-state index contributed by atoms with van der Waals surface area (Å²) in [4.78, 5) is 12.5. The van der Waals surface area contributed by atoms with E-state index in [0.29, 0.717) is 10.7 Å². The Balaban J connectivity index is 2.29. The fraction of sp³-hybridized carbons (Fsp3) is 0.278. The number of aliphatic hydroxyl groups excluding tert-OH is 1. The fourth-order valence-electron chi connectivity index (χ4n) is 2.22. The van der Waals surface area contributed by atoms with Gasteiger partial charge in [-0.25, -0.2) is 17.5 Å². The monoisotopic (exact) mass is 412 g/mol. The summed E-state index contributed by atoms with van der Waals surface area (Å²) < 4.78 is 31.1. The number of esters is 1. The van der Waals surface area contributed by atoms with Gasteiger partial charge in [-0.1, -0.05) is 23.7 Å². The number of anilines is 1. The summed E-state index contributed by atoms with van der Waals surface area (Å²) in [6.07, 6.45) is 0. The number of nitrogens with zero attached hydrogens (tertiary/aromatic N) is 1. The Morgan fingerprint density at radius 3 is 2.44 bits per heavy atom. The molecule has 2 aromatic carbocycles. The van der Waals surface area contributed by atoms with Crippen LogP contribution in [0.3, 0.4) is 0 Å². The molecule has 0 radical (unpaired) electrons. The predicted molar refractivity (Wildman–Crippen MR) is 103 cm³/mol. The third-order valence-corrected chi connectivity index (χ3v) is 5.76. The van der Waals surface area contributed by atoms with Gasteiger partial charge in [-0.15, -0.1) is 0 Å². The molecule has 0 amide bonds. The molecule has 2 aromatic rings. The van der Waals surface area contributed by atoms with Crippen LogP contribution in [0, 0.1) is 0 Å². The van der Waals surface area contributed by atoms with E-state index in [0.717, 1.165) is 9.87 Å². The van der Waals surface area contributed by atoms with Crippen LogP contribution in [0.1, 0.15) is 15.9 Å². The lowest BCUT2D eigenvalue weighted by Crippen LogP contribution is -2.23. The number of hydrogen-bond acceptors (Lipinski definition) is 6. The van der Waals surface area contributed by atoms with E-state index in [4.69, 9.17) is 21.4 Å². The van der Waals surface area contributed by atoms with Gasteiger partial charge < -0.3 is 15.2 Å². The molecule has 0 aliphatic heterocycles. The van der Waals surface area contributed by atoms with E-state index in [2.05, 4.69) is 5.32 Å². The average Bonchev–Trinajstić information content (AvgIpc) is 2.65. The molecule has 0 heterocycles. The number of ether oxygens (including phenoxy) is 1. The highest BCUT2D eigenvalue weighted by Gasteiger charge is 2.22. The van der Waals surface area contributed by atoms with Crippen LogP contribution in [0.15, 0.2) is 47.4 Å². The minimum atomic E-state index is -3.71. The van der Waals surface area contributed by atoms with Crippen molar-refractivity contribution in [3.8, 4) is 0 Å². The summed E-state index contributed by atoms with van der Waals surface area (Å²) in [6.45, 7) is 0.0777. The molecule has 0 bridgehead atoms. The summed E-state index contributed by atoms with van der Waals surface area (Å²) >= 11 is 5.83. The predicted octanol–water partition coefficient (Wildman–Crippen LogP) is 2.35. The van der Waals surface area contributed by atoms with Crippen molar-refractivity contribution in [2.75, 3.05) is 32.6 Å². The maximum atomic E-state index is 12.6. The van der Waals surface area contributed by atoms with Gasteiger partial charge in [0.15, 0.2) is 0 Å². The van der Waals surface area contributed by atoms with Gasteiger partial charge in [0.05, 0.1) is 17.1 Å². The van der Waals surface area contributed by atoms with E-state index in [1.54, 1.807) is 24.3 Å². The lowest BCUT2D eigenvalue weighted by atomic mass is 10.1. The van der Waals surface area contributed by atoms with Crippen LogP contribution in [-0.2, 0) is 21.4 Å². The van der Waals surface area contributed by atoms with Crippen molar-refractivity contribution < 1.29 is 23.1 Å². The molecule has 0 saturated carbocycles. The van der Waals surface area contributed by atoms with Crippen LogP contribution in [0.4, 0.5) is 5.69 Å². The number of halogens is 1. The number of nitrogens with one attached hydrogen (secondary N) is 1. The largest absolute Gasteiger partial charge is 0.457 e. The SMILES string of the molecule is CN(C)S(=O)(=O)c1ccc(NCCO)c(C(=O)OCc2ccc(Cl)cc2)c1. The first-order valence-electron chi connectivity index (χ1n) is 8.08. The lowest BCUT2D eigenvalue weighted by Gasteiger charge is -2.15. The first-order chi connectivity index (χ1) is 12.8. The van der Waals surface area contributed by atoms with Crippen molar-refractivity contribution >= 4 is 33.3 Å². The summed E-state index contributed by atoms with van der Waals surface area (Å²) in [5.74, 6) is -0.679. The molecule has 0 fully saturated rings. The van der Waals surface area contributed by atoms with E-state index in [9.17, 15) is 13.2 Å². The molecule has 0 spiro atoms. The van der Waals surface area contributed by atoms with Gasteiger partial charge in [0.25, 0.3) is 0 Å². The third-order valence-electron chi connectivity index (χ3n) is 3.70. The van der Waals surface area contributed by atoms with Crippen molar-refractivity contribution in [1.29, 1.82) is 0 Å². The molecule has 7 nitrogen and oxygen atoms in total. The maximum Gasteiger partial charge on any atom is 0.340 e. The molecular weight excluding hydrogens is 392 g/mol. The zero-order valence-electron chi connectivity index (χ0n) is 15.0. The van der Waals surface area contributed by atoms with E-state index in [1.165, 1.54) is 32.3 Å². The highest BCUT2D eigenvalue weighted by Crippen LogP contribution is 2.23. The molecule has 2 rings (SSSR count). The summed E-state index contributed by atoms with van der Waals surface area (Å²) in [6, 6.07) is 11.0. The van der Waals surface area contributed by atoms with Gasteiger partial charge in [-0.2, -0.15) is 0 Å². The Kier molecular flexibility index (Phi) is 7.20. The summed E-state index contributed by atoms with van der Waals surface area (Å²) in [5.41, 5.74) is 1.19. The highest BCUT2D eigenvalue weighted by atomic mass is 35.5. The van der Waals surface area contributed by atoms with E-state index in [-0.39, 0.29) is 30.2 Å². The van der Waals surface area contributed by atoms with E-state index >= 15 is 0 Å². The van der Waals surface area contributed by atoms with Crippen LogP contribution in [-0.4, -0.2) is 51.0 Å². The third kappa shape index (κ3) is 5.43. The second-order valence-corrected chi connectivity index (χ2v) is 8.44. The summed E-state index contributed by atoms with van der Waals surface area (Å²) in [7, 11) is -0.891. The van der Waals surface area contributed by atoms with Gasteiger partial charge in [-0.05, 0) is 35.9 Å². The first kappa shape index (κ1) is 21.2. The Bertz CT molecular complexity index is 898. The Hall–Kier alpha value is -2.13. The molecule has 0 atom stereocenters. The average molecular weight is 413 g/mol. The Morgan fingerprint density at radius 1 is 1.19 bits per heavy atom. The van der Waals surface area contributed by atoms with Crippen LogP contribution < -0.4 is 5.32 Å². The highest BCUT2D eigenvalue weighted by molar-refractivity contribution is 7.89. The smallest absolute Gasteiger partial charge is 0.340 e. The van der Waals surface area contributed by atoms with Crippen molar-refractivity contribution in [1.82, 2.24) is 4.31 Å². The number of benzene rings is 2. The minimum absolute atomic E-state index is 0.0140. The Labute approximate surface area is 163 Å². The number of carbonyl (C=O) groups is 1. The fourth-order valence-corrected chi connectivity index (χ4v) is 3.27. The van der Waals surface area contributed by atoms with E-state index < -0.39 is 16.0 Å². The minimum Gasteiger partial charge on any atom is -0.457 e. The van der Waals surface area contributed by atoms with Crippen molar-refractivity contribution in [2.45, 2.75) is 11.5 Å². The van der Waals surface area contributed by atoms with Gasteiger partial charge in [-0.3, -0.25) is 0 Å². The molecule has 0 aliphatic carbocycles. The molecular formula is C18H21ClN2O5S. The standard InChI is InChI=1S/C18H21ClN2O5S/c1-21(2)27(24,25)15-7-8-17(20-9-10-22)16(11-15)18(23)26-12-13-3-5-14(19)6-4-13/h3-8,11,20,22H,9-10,12H2,1-2H3. The Morgan fingerprint density at radius 2 is 1.85 bits per heavy atom. The molecule has 0 aromatic heterocycles. The molecule has 0 unspecified atom stereocenters. The van der Waals surface area contributed by atoms with Gasteiger partial charge in [0, 0.05) is 31.4 Å². The van der Waals surface area contributed by atoms with Gasteiger partial charge in [0.2, 0.25) is 10.0 Å². The van der Waals surface area contributed by atoms with Crippen LogP contribution in [0.25, 0.3) is 0 Å². The van der Waals surface area contributed by atoms with Gasteiger partial charge in [0.1, 0.15) is 6.61 Å². The molecule has 0 saturated heterocycles. The molecule has 2 N–H and O–H groups in total. The quantitative estimate of drug-likeness (QED) is 0.646. The van der Waals surface area contributed by atoms with Crippen LogP contribution in [0.5, 0.6) is 0 Å². The van der Waals surface area contributed by atoms with Gasteiger partial charge >= 0.3 is 5.97 Å². The van der Waals surface area contributed by atoms with Crippen molar-refractivity contribution in [2.24, 2.45) is 0 Å². The second-order valence-electron chi connectivity index (χ2n) is 5.85. The number of hydrogen-bond donors (Lipinski definition) is 2. The number of carbonyl (C=O) groups excluding carboxylic acids is 1. The maximum absolute atomic E-state index is 12.6.